The Morgan fingerprint density at radius 2 is 1.87 bits per heavy atom. The molecule has 1 N–H and O–H groups in total. The van der Waals surface area contributed by atoms with Gasteiger partial charge in [0.05, 0.1) is 12.6 Å². The second kappa shape index (κ2) is 8.09. The predicted octanol–water partition coefficient (Wildman–Crippen LogP) is 2.96. The molecule has 0 bridgehead atoms. The zero-order valence-corrected chi connectivity index (χ0v) is 17.3. The van der Waals surface area contributed by atoms with E-state index in [2.05, 4.69) is 5.32 Å². The van der Waals surface area contributed by atoms with Crippen LogP contribution in [0.4, 0.5) is 8.78 Å². The van der Waals surface area contributed by atoms with E-state index in [-0.39, 0.29) is 24.4 Å². The van der Waals surface area contributed by atoms with Crippen molar-refractivity contribution in [2.45, 2.75) is 37.9 Å². The topological polar surface area (TPSA) is 69.7 Å². The summed E-state index contributed by atoms with van der Waals surface area (Å²) in [6.07, 6.45) is 1.72. The van der Waals surface area contributed by atoms with Gasteiger partial charge in [-0.2, -0.15) is 0 Å². The lowest BCUT2D eigenvalue weighted by Gasteiger charge is -2.27. The van der Waals surface area contributed by atoms with Gasteiger partial charge in [0.15, 0.2) is 11.6 Å². The predicted molar refractivity (Wildman–Crippen MR) is 109 cm³/mol. The smallest absolute Gasteiger partial charge is 0.255 e. The summed E-state index contributed by atoms with van der Waals surface area (Å²) < 4.78 is 26.7. The van der Waals surface area contributed by atoms with E-state index in [1.54, 1.807) is 36.1 Å². The third kappa shape index (κ3) is 3.89. The number of amides is 3. The van der Waals surface area contributed by atoms with Crippen LogP contribution >= 0.6 is 0 Å². The van der Waals surface area contributed by atoms with Crippen molar-refractivity contribution in [3.63, 3.8) is 0 Å². The largest absolute Gasteiger partial charge is 0.345 e. The maximum absolute atomic E-state index is 13.5. The Morgan fingerprint density at radius 3 is 2.55 bits per heavy atom. The van der Waals surface area contributed by atoms with Crippen LogP contribution in [0.2, 0.25) is 0 Å². The molecule has 8 heteroatoms. The van der Waals surface area contributed by atoms with Gasteiger partial charge in [-0.3, -0.25) is 14.4 Å². The molecule has 6 nitrogen and oxygen atoms in total. The number of rotatable bonds is 6. The van der Waals surface area contributed by atoms with Crippen molar-refractivity contribution in [3.8, 4) is 0 Å². The second-order valence-electron chi connectivity index (χ2n) is 8.01. The molecule has 2 aromatic carbocycles. The van der Waals surface area contributed by atoms with Crippen molar-refractivity contribution in [3.05, 3.63) is 70.8 Å². The molecule has 3 amide bonds. The fourth-order valence-corrected chi connectivity index (χ4v) is 3.93. The Kier molecular flexibility index (Phi) is 5.47. The Morgan fingerprint density at radius 1 is 1.16 bits per heavy atom. The molecule has 1 saturated carbocycles. The Balaban J connectivity index is 1.43. The zero-order chi connectivity index (χ0) is 22.3. The molecular weight excluding hydrogens is 404 g/mol. The first-order chi connectivity index (χ1) is 14.8. The summed E-state index contributed by atoms with van der Waals surface area (Å²) in [5.74, 6) is -2.89. The SMILES string of the molecule is CC(c1ccc(F)c(F)c1)N(C)C(=O)CNC(=O)C1c2ccccc2C(=O)N1C1CC1. The summed E-state index contributed by atoms with van der Waals surface area (Å²) in [4.78, 5) is 41.3. The minimum absolute atomic E-state index is 0.0439. The van der Waals surface area contributed by atoms with Gasteiger partial charge >= 0.3 is 0 Å². The van der Waals surface area contributed by atoms with Crippen LogP contribution < -0.4 is 5.32 Å². The first-order valence-electron chi connectivity index (χ1n) is 10.2. The maximum Gasteiger partial charge on any atom is 0.255 e. The lowest BCUT2D eigenvalue weighted by molar-refractivity contribution is -0.134. The van der Waals surface area contributed by atoms with Crippen molar-refractivity contribution < 1.29 is 23.2 Å². The molecule has 31 heavy (non-hydrogen) atoms. The normalized spacial score (nSPS) is 18.5. The number of carbonyl (C=O) groups is 3. The number of nitrogens with zero attached hydrogens (tertiary/aromatic N) is 2. The molecule has 2 aliphatic rings. The lowest BCUT2D eigenvalue weighted by atomic mass is 10.0. The van der Waals surface area contributed by atoms with Crippen molar-refractivity contribution in [2.75, 3.05) is 13.6 Å². The molecule has 1 aliphatic heterocycles. The Hall–Kier alpha value is -3.29. The number of fused-ring (bicyclic) bond motifs is 1. The molecule has 1 fully saturated rings. The molecule has 0 radical (unpaired) electrons. The standard InChI is InChI=1S/C23H23F2N3O3/c1-13(14-7-10-18(24)19(25)11-14)27(2)20(29)12-26-22(30)21-16-5-3-4-6-17(16)23(31)28(21)15-8-9-15/h3-7,10-11,13,15,21H,8-9,12H2,1-2H3,(H,26,30). The van der Waals surface area contributed by atoms with Crippen LogP contribution in [0.3, 0.4) is 0 Å². The van der Waals surface area contributed by atoms with E-state index in [9.17, 15) is 23.2 Å². The van der Waals surface area contributed by atoms with E-state index >= 15 is 0 Å². The highest BCUT2D eigenvalue weighted by Gasteiger charge is 2.47. The third-order valence-corrected chi connectivity index (χ3v) is 6.00. The number of carbonyl (C=O) groups excluding carboxylic acids is 3. The first kappa shape index (κ1) is 21.0. The van der Waals surface area contributed by atoms with Crippen molar-refractivity contribution in [2.24, 2.45) is 0 Å². The molecule has 0 spiro atoms. The van der Waals surface area contributed by atoms with Crippen molar-refractivity contribution in [1.82, 2.24) is 15.1 Å². The van der Waals surface area contributed by atoms with Gasteiger partial charge in [0.25, 0.3) is 5.91 Å². The zero-order valence-electron chi connectivity index (χ0n) is 17.3. The average molecular weight is 427 g/mol. The molecular formula is C23H23F2N3O3. The lowest BCUT2D eigenvalue weighted by Crippen LogP contribution is -2.44. The summed E-state index contributed by atoms with van der Waals surface area (Å²) in [7, 11) is 1.53. The Bertz CT molecular complexity index is 1050. The van der Waals surface area contributed by atoms with Gasteiger partial charge in [-0.1, -0.05) is 24.3 Å². The number of nitrogens with one attached hydrogen (secondary N) is 1. The molecule has 162 valence electrons. The van der Waals surface area contributed by atoms with E-state index in [1.165, 1.54) is 18.0 Å². The van der Waals surface area contributed by atoms with Crippen LogP contribution in [-0.4, -0.2) is 47.2 Å². The summed E-state index contributed by atoms with van der Waals surface area (Å²) in [5, 5.41) is 2.65. The van der Waals surface area contributed by atoms with Gasteiger partial charge in [0.2, 0.25) is 11.8 Å². The van der Waals surface area contributed by atoms with Crippen LogP contribution in [0, 0.1) is 11.6 Å². The number of halogens is 2. The molecule has 0 aromatic heterocycles. The van der Waals surface area contributed by atoms with Crippen LogP contribution in [0.15, 0.2) is 42.5 Å². The third-order valence-electron chi connectivity index (χ3n) is 6.00. The highest BCUT2D eigenvalue weighted by atomic mass is 19.2. The molecule has 2 unspecified atom stereocenters. The van der Waals surface area contributed by atoms with Crippen molar-refractivity contribution >= 4 is 17.7 Å². The summed E-state index contributed by atoms with van der Waals surface area (Å²) in [6.45, 7) is 1.42. The van der Waals surface area contributed by atoms with E-state index in [0.717, 1.165) is 25.0 Å². The fourth-order valence-electron chi connectivity index (χ4n) is 3.93. The maximum atomic E-state index is 13.5. The van der Waals surface area contributed by atoms with Gasteiger partial charge in [-0.25, -0.2) is 8.78 Å². The number of hydrogen-bond donors (Lipinski definition) is 1. The number of likely N-dealkylation sites (N-methyl/N-ethyl adjacent to an activating group) is 1. The number of benzene rings is 2. The molecule has 1 heterocycles. The minimum atomic E-state index is -0.983. The van der Waals surface area contributed by atoms with Gasteiger partial charge in [0, 0.05) is 18.7 Å². The van der Waals surface area contributed by atoms with Crippen molar-refractivity contribution in [1.29, 1.82) is 0 Å². The summed E-state index contributed by atoms with van der Waals surface area (Å²) >= 11 is 0. The summed E-state index contributed by atoms with van der Waals surface area (Å²) in [6, 6.07) is 9.28. The minimum Gasteiger partial charge on any atom is -0.345 e. The van der Waals surface area contributed by atoms with Crippen LogP contribution in [-0.2, 0) is 9.59 Å². The second-order valence-corrected chi connectivity index (χ2v) is 8.01. The van der Waals surface area contributed by atoms with E-state index in [1.807, 2.05) is 0 Å². The van der Waals surface area contributed by atoms with E-state index < -0.39 is 29.6 Å². The van der Waals surface area contributed by atoms with E-state index in [0.29, 0.717) is 16.7 Å². The summed E-state index contributed by atoms with van der Waals surface area (Å²) in [5.41, 5.74) is 1.61. The van der Waals surface area contributed by atoms with Gasteiger partial charge in [-0.15, -0.1) is 0 Å². The van der Waals surface area contributed by atoms with Crippen LogP contribution in [0.1, 0.15) is 53.3 Å². The molecule has 2 aromatic rings. The Labute approximate surface area is 178 Å². The highest BCUT2D eigenvalue weighted by Crippen LogP contribution is 2.41. The quantitative estimate of drug-likeness (QED) is 0.771. The molecule has 1 aliphatic carbocycles. The number of hydrogen-bond acceptors (Lipinski definition) is 3. The van der Waals surface area contributed by atoms with Crippen LogP contribution in [0.5, 0.6) is 0 Å². The molecule has 2 atom stereocenters. The van der Waals surface area contributed by atoms with Gasteiger partial charge < -0.3 is 15.1 Å². The monoisotopic (exact) mass is 427 g/mol. The van der Waals surface area contributed by atoms with E-state index in [4.69, 9.17) is 0 Å². The average Bonchev–Trinajstić information content (AvgIpc) is 3.56. The van der Waals surface area contributed by atoms with Gasteiger partial charge in [-0.05, 0) is 49.1 Å². The van der Waals surface area contributed by atoms with Crippen LogP contribution in [0.25, 0.3) is 0 Å². The first-order valence-corrected chi connectivity index (χ1v) is 10.2. The highest BCUT2D eigenvalue weighted by molar-refractivity contribution is 6.05. The molecule has 0 saturated heterocycles. The fraction of sp³-hybridized carbons (Fsp3) is 0.348. The molecule has 4 rings (SSSR count). The van der Waals surface area contributed by atoms with Gasteiger partial charge in [0.1, 0.15) is 6.04 Å².